The Morgan fingerprint density at radius 3 is 3.05 bits per heavy atom. The molecule has 3 rings (SSSR count). The topological polar surface area (TPSA) is 42.0 Å². The summed E-state index contributed by atoms with van der Waals surface area (Å²) in [5.41, 5.74) is 2.54. The van der Waals surface area contributed by atoms with Gasteiger partial charge in [0.05, 0.1) is 4.88 Å². The Bertz CT molecular complexity index is 568. The zero-order valence-electron chi connectivity index (χ0n) is 11.4. The molecule has 0 bridgehead atoms. The number of nitrogens with zero attached hydrogens (tertiary/aromatic N) is 1. The number of carbonyl (C=O) groups excluding carboxylic acids is 1. The first-order valence-electron chi connectivity index (χ1n) is 7.11. The highest BCUT2D eigenvalue weighted by molar-refractivity contribution is 7.14. The van der Waals surface area contributed by atoms with Crippen molar-refractivity contribution >= 4 is 17.2 Å². The van der Waals surface area contributed by atoms with E-state index in [-0.39, 0.29) is 5.91 Å². The van der Waals surface area contributed by atoms with Gasteiger partial charge in [-0.3, -0.25) is 9.78 Å². The SMILES string of the molecule is O=C(NCCc1cccnc1)c1cc2c(s1)CCCC2. The van der Waals surface area contributed by atoms with Crippen LogP contribution in [0, 0.1) is 0 Å². The summed E-state index contributed by atoms with van der Waals surface area (Å²) in [4.78, 5) is 18.5. The Hall–Kier alpha value is -1.68. The van der Waals surface area contributed by atoms with Crippen molar-refractivity contribution in [3.8, 4) is 0 Å². The van der Waals surface area contributed by atoms with Crippen LogP contribution >= 0.6 is 11.3 Å². The van der Waals surface area contributed by atoms with Gasteiger partial charge >= 0.3 is 0 Å². The summed E-state index contributed by atoms with van der Waals surface area (Å²) in [5.74, 6) is 0.0632. The van der Waals surface area contributed by atoms with E-state index in [1.54, 1.807) is 17.5 Å². The fourth-order valence-electron chi connectivity index (χ4n) is 2.56. The molecule has 2 heterocycles. The molecule has 0 saturated carbocycles. The number of hydrogen-bond donors (Lipinski definition) is 1. The molecule has 3 nitrogen and oxygen atoms in total. The fourth-order valence-corrected chi connectivity index (χ4v) is 3.73. The van der Waals surface area contributed by atoms with Crippen LogP contribution in [0.3, 0.4) is 0 Å². The second kappa shape index (κ2) is 6.18. The Morgan fingerprint density at radius 2 is 2.25 bits per heavy atom. The summed E-state index contributed by atoms with van der Waals surface area (Å²) in [6, 6.07) is 6.03. The van der Waals surface area contributed by atoms with E-state index in [4.69, 9.17) is 0 Å². The van der Waals surface area contributed by atoms with E-state index in [1.807, 2.05) is 18.3 Å². The minimum absolute atomic E-state index is 0.0632. The van der Waals surface area contributed by atoms with Crippen LogP contribution < -0.4 is 5.32 Å². The van der Waals surface area contributed by atoms with Crippen molar-refractivity contribution in [2.24, 2.45) is 0 Å². The molecule has 0 fully saturated rings. The highest BCUT2D eigenvalue weighted by Gasteiger charge is 2.16. The molecule has 0 aliphatic heterocycles. The molecule has 4 heteroatoms. The van der Waals surface area contributed by atoms with Crippen molar-refractivity contribution in [3.05, 3.63) is 51.5 Å². The molecule has 0 radical (unpaired) electrons. The van der Waals surface area contributed by atoms with E-state index in [2.05, 4.69) is 16.4 Å². The van der Waals surface area contributed by atoms with Crippen molar-refractivity contribution in [2.45, 2.75) is 32.1 Å². The smallest absolute Gasteiger partial charge is 0.261 e. The zero-order chi connectivity index (χ0) is 13.8. The number of hydrogen-bond acceptors (Lipinski definition) is 3. The normalized spacial score (nSPS) is 13.8. The largest absolute Gasteiger partial charge is 0.351 e. The Balaban J connectivity index is 1.55. The van der Waals surface area contributed by atoms with Gasteiger partial charge in [0.2, 0.25) is 0 Å². The van der Waals surface area contributed by atoms with Crippen LogP contribution in [-0.2, 0) is 19.3 Å². The van der Waals surface area contributed by atoms with E-state index in [0.29, 0.717) is 6.54 Å². The molecular formula is C16H18N2OS. The quantitative estimate of drug-likeness (QED) is 0.939. The van der Waals surface area contributed by atoms with E-state index in [9.17, 15) is 4.79 Å². The first-order chi connectivity index (χ1) is 9.83. The molecule has 1 amide bonds. The molecular weight excluding hydrogens is 268 g/mol. The van der Waals surface area contributed by atoms with Gasteiger partial charge in [0.1, 0.15) is 0 Å². The molecule has 2 aromatic heterocycles. The summed E-state index contributed by atoms with van der Waals surface area (Å²) < 4.78 is 0. The first-order valence-corrected chi connectivity index (χ1v) is 7.93. The number of aryl methyl sites for hydroxylation is 2. The number of aromatic nitrogens is 1. The van der Waals surface area contributed by atoms with Gasteiger partial charge in [0.15, 0.2) is 0 Å². The summed E-state index contributed by atoms with van der Waals surface area (Å²) in [5, 5.41) is 3.00. The van der Waals surface area contributed by atoms with E-state index < -0.39 is 0 Å². The van der Waals surface area contributed by atoms with Crippen molar-refractivity contribution < 1.29 is 4.79 Å². The van der Waals surface area contributed by atoms with Gasteiger partial charge in [0.25, 0.3) is 5.91 Å². The Labute approximate surface area is 123 Å². The number of rotatable bonds is 4. The van der Waals surface area contributed by atoms with Gasteiger partial charge in [-0.1, -0.05) is 6.07 Å². The predicted molar refractivity (Wildman–Crippen MR) is 81.2 cm³/mol. The van der Waals surface area contributed by atoms with Gasteiger partial charge in [-0.2, -0.15) is 0 Å². The van der Waals surface area contributed by atoms with Gasteiger partial charge < -0.3 is 5.32 Å². The lowest BCUT2D eigenvalue weighted by atomic mass is 9.99. The molecule has 1 aliphatic rings. The molecule has 20 heavy (non-hydrogen) atoms. The van der Waals surface area contributed by atoms with Gasteiger partial charge in [-0.15, -0.1) is 11.3 Å². The Morgan fingerprint density at radius 1 is 1.35 bits per heavy atom. The summed E-state index contributed by atoms with van der Waals surface area (Å²) in [6.45, 7) is 0.660. The van der Waals surface area contributed by atoms with Crippen LogP contribution in [0.2, 0.25) is 0 Å². The number of thiophene rings is 1. The maximum atomic E-state index is 12.1. The lowest BCUT2D eigenvalue weighted by molar-refractivity contribution is 0.0958. The molecule has 0 unspecified atom stereocenters. The van der Waals surface area contributed by atoms with Crippen molar-refractivity contribution in [1.82, 2.24) is 10.3 Å². The second-order valence-corrected chi connectivity index (χ2v) is 6.27. The average molecular weight is 286 g/mol. The number of amides is 1. The first kappa shape index (κ1) is 13.3. The maximum absolute atomic E-state index is 12.1. The minimum Gasteiger partial charge on any atom is -0.351 e. The molecule has 0 spiro atoms. The van der Waals surface area contributed by atoms with Crippen LogP contribution in [0.25, 0.3) is 0 Å². The third-order valence-corrected chi connectivity index (χ3v) is 4.88. The van der Waals surface area contributed by atoms with Crippen LogP contribution in [0.5, 0.6) is 0 Å². The number of pyridine rings is 1. The van der Waals surface area contributed by atoms with Crippen molar-refractivity contribution in [3.63, 3.8) is 0 Å². The van der Waals surface area contributed by atoms with Crippen molar-refractivity contribution in [1.29, 1.82) is 0 Å². The number of carbonyl (C=O) groups is 1. The fraction of sp³-hybridized carbons (Fsp3) is 0.375. The monoisotopic (exact) mass is 286 g/mol. The maximum Gasteiger partial charge on any atom is 0.261 e. The van der Waals surface area contributed by atoms with E-state index >= 15 is 0 Å². The van der Waals surface area contributed by atoms with Crippen LogP contribution in [0.4, 0.5) is 0 Å². The summed E-state index contributed by atoms with van der Waals surface area (Å²) in [7, 11) is 0. The lowest BCUT2D eigenvalue weighted by Crippen LogP contribution is -2.24. The predicted octanol–water partition coefficient (Wildman–Crippen LogP) is 2.99. The number of fused-ring (bicyclic) bond motifs is 1. The molecule has 0 atom stereocenters. The van der Waals surface area contributed by atoms with Crippen molar-refractivity contribution in [2.75, 3.05) is 6.54 Å². The third kappa shape index (κ3) is 3.07. The van der Waals surface area contributed by atoms with Crippen LogP contribution in [0.15, 0.2) is 30.6 Å². The minimum atomic E-state index is 0.0632. The van der Waals surface area contributed by atoms with Crippen LogP contribution in [0.1, 0.15) is 38.5 Å². The lowest BCUT2D eigenvalue weighted by Gasteiger charge is -2.08. The van der Waals surface area contributed by atoms with Gasteiger partial charge in [-0.25, -0.2) is 0 Å². The second-order valence-electron chi connectivity index (χ2n) is 5.13. The molecule has 1 aliphatic carbocycles. The summed E-state index contributed by atoms with van der Waals surface area (Å²) in [6.07, 6.45) is 9.22. The zero-order valence-corrected chi connectivity index (χ0v) is 12.2. The standard InChI is InChI=1S/C16H18N2OS/c19-16(18-9-7-12-4-3-8-17-11-12)15-10-13-5-1-2-6-14(13)20-15/h3-4,8,10-11H,1-2,5-7,9H2,(H,18,19). The Kier molecular flexibility index (Phi) is 4.11. The van der Waals surface area contributed by atoms with Crippen LogP contribution in [-0.4, -0.2) is 17.4 Å². The van der Waals surface area contributed by atoms with E-state index in [1.165, 1.54) is 23.3 Å². The molecule has 1 N–H and O–H groups in total. The highest BCUT2D eigenvalue weighted by atomic mass is 32.1. The van der Waals surface area contributed by atoms with Gasteiger partial charge in [0, 0.05) is 23.8 Å². The van der Waals surface area contributed by atoms with Gasteiger partial charge in [-0.05, 0) is 55.4 Å². The molecule has 0 saturated heterocycles. The summed E-state index contributed by atoms with van der Waals surface area (Å²) >= 11 is 1.67. The average Bonchev–Trinajstić information content (AvgIpc) is 2.92. The molecule has 0 aromatic carbocycles. The molecule has 104 valence electrons. The molecule has 2 aromatic rings. The van der Waals surface area contributed by atoms with E-state index in [0.717, 1.165) is 29.7 Å². The number of nitrogens with one attached hydrogen (secondary N) is 1. The highest BCUT2D eigenvalue weighted by Crippen LogP contribution is 2.29. The third-order valence-electron chi connectivity index (χ3n) is 3.64.